The van der Waals surface area contributed by atoms with E-state index in [1.165, 1.54) is 18.2 Å². The van der Waals surface area contributed by atoms with Gasteiger partial charge in [-0.2, -0.15) is 0 Å². The normalized spacial score (nSPS) is 15.9. The summed E-state index contributed by atoms with van der Waals surface area (Å²) in [5, 5.41) is 18.1. The number of rotatable bonds is 10. The van der Waals surface area contributed by atoms with E-state index in [-0.39, 0.29) is 19.0 Å². The monoisotopic (exact) mass is 358 g/mol. The molecule has 0 amide bonds. The smallest absolute Gasteiger partial charge is 0.307 e. The molecule has 6 nitrogen and oxygen atoms in total. The molecule has 1 aromatic rings. The van der Waals surface area contributed by atoms with Crippen molar-refractivity contribution < 1.29 is 33.7 Å². The molecule has 1 rings (SSSR count). The minimum atomic E-state index is -3.99. The number of hydrogen-bond donors (Lipinski definition) is 3. The van der Waals surface area contributed by atoms with E-state index in [9.17, 15) is 28.5 Å². The van der Waals surface area contributed by atoms with E-state index in [1.807, 2.05) is 0 Å². The highest BCUT2D eigenvalue weighted by Crippen LogP contribution is 2.54. The summed E-state index contributed by atoms with van der Waals surface area (Å²) >= 11 is 0. The molecule has 24 heavy (non-hydrogen) atoms. The molecular formula is C16H20FO6P. The predicted molar refractivity (Wildman–Crippen MR) is 86.5 cm³/mol. The van der Waals surface area contributed by atoms with Gasteiger partial charge in [0, 0.05) is 12.6 Å². The molecule has 0 spiro atoms. The van der Waals surface area contributed by atoms with E-state index in [4.69, 9.17) is 5.11 Å². The van der Waals surface area contributed by atoms with E-state index in [0.29, 0.717) is 5.56 Å². The molecule has 8 heteroatoms. The van der Waals surface area contributed by atoms with Gasteiger partial charge in [-0.15, -0.1) is 6.58 Å². The van der Waals surface area contributed by atoms with Crippen LogP contribution in [0.5, 0.6) is 0 Å². The number of carboxylic acid groups (broad SMARTS) is 2. The Balaban J connectivity index is 3.06. The lowest BCUT2D eigenvalue weighted by molar-refractivity contribution is -0.143. The van der Waals surface area contributed by atoms with Gasteiger partial charge < -0.3 is 15.1 Å². The Hall–Kier alpha value is -1.98. The van der Waals surface area contributed by atoms with Crippen molar-refractivity contribution in [1.82, 2.24) is 0 Å². The van der Waals surface area contributed by atoms with Gasteiger partial charge in [0.05, 0.1) is 11.6 Å². The third-order valence-electron chi connectivity index (χ3n) is 3.70. The van der Waals surface area contributed by atoms with Crippen LogP contribution in [0.2, 0.25) is 0 Å². The lowest BCUT2D eigenvalue weighted by Gasteiger charge is -2.27. The van der Waals surface area contributed by atoms with Crippen molar-refractivity contribution in [2.75, 3.05) is 0 Å². The third kappa shape index (κ3) is 5.91. The lowest BCUT2D eigenvalue weighted by atomic mass is 9.97. The summed E-state index contributed by atoms with van der Waals surface area (Å²) in [6.45, 7) is 3.48. The van der Waals surface area contributed by atoms with E-state index < -0.39 is 43.1 Å². The van der Waals surface area contributed by atoms with Crippen LogP contribution >= 0.6 is 7.37 Å². The van der Waals surface area contributed by atoms with Gasteiger partial charge >= 0.3 is 11.9 Å². The summed E-state index contributed by atoms with van der Waals surface area (Å²) < 4.78 is 25.7. The summed E-state index contributed by atoms with van der Waals surface area (Å²) in [7, 11) is -3.99. The molecule has 0 aliphatic carbocycles. The highest BCUT2D eigenvalue weighted by molar-refractivity contribution is 7.58. The van der Waals surface area contributed by atoms with Crippen LogP contribution in [0.1, 0.15) is 24.8 Å². The van der Waals surface area contributed by atoms with Gasteiger partial charge in [0.1, 0.15) is 5.82 Å². The molecule has 0 saturated heterocycles. The molecule has 0 bridgehead atoms. The SMILES string of the molecule is C=CCC(C(CCC(=O)O)C(=O)O)P(=O)(O)Cc1ccc(F)cc1. The van der Waals surface area contributed by atoms with Crippen LogP contribution in [0.3, 0.4) is 0 Å². The zero-order valence-corrected chi connectivity index (χ0v) is 13.9. The fraction of sp³-hybridized carbons (Fsp3) is 0.375. The average molecular weight is 358 g/mol. The van der Waals surface area contributed by atoms with Crippen LogP contribution in [0.25, 0.3) is 0 Å². The summed E-state index contributed by atoms with van der Waals surface area (Å²) in [5.74, 6) is -4.27. The Morgan fingerprint density at radius 2 is 1.83 bits per heavy atom. The zero-order chi connectivity index (χ0) is 18.3. The van der Waals surface area contributed by atoms with Crippen LogP contribution in [-0.4, -0.2) is 32.7 Å². The van der Waals surface area contributed by atoms with Crippen LogP contribution in [0, 0.1) is 11.7 Å². The maximum absolute atomic E-state index is 12.9. The molecule has 0 aromatic heterocycles. The number of carbonyl (C=O) groups is 2. The minimum Gasteiger partial charge on any atom is -0.481 e. The van der Waals surface area contributed by atoms with E-state index >= 15 is 0 Å². The minimum absolute atomic E-state index is 0.0362. The van der Waals surface area contributed by atoms with Crippen LogP contribution in [-0.2, 0) is 20.3 Å². The first-order chi connectivity index (χ1) is 11.2. The Kier molecular flexibility index (Phi) is 7.32. The highest BCUT2D eigenvalue weighted by atomic mass is 31.2. The largest absolute Gasteiger partial charge is 0.481 e. The summed E-state index contributed by atoms with van der Waals surface area (Å²) in [6.07, 6.45) is 0.321. The van der Waals surface area contributed by atoms with Crippen molar-refractivity contribution >= 4 is 19.3 Å². The Labute approximate surface area is 139 Å². The summed E-state index contributed by atoms with van der Waals surface area (Å²) in [4.78, 5) is 32.6. The van der Waals surface area contributed by atoms with Crippen molar-refractivity contribution in [2.24, 2.45) is 5.92 Å². The van der Waals surface area contributed by atoms with Gasteiger partial charge in [-0.05, 0) is 30.5 Å². The fourth-order valence-electron chi connectivity index (χ4n) is 2.51. The first kappa shape index (κ1) is 20.1. The Morgan fingerprint density at radius 3 is 2.29 bits per heavy atom. The van der Waals surface area contributed by atoms with Crippen molar-refractivity contribution in [2.45, 2.75) is 31.1 Å². The Bertz CT molecular complexity index is 642. The molecule has 0 fully saturated rings. The van der Waals surface area contributed by atoms with Gasteiger partial charge in [0.25, 0.3) is 0 Å². The van der Waals surface area contributed by atoms with Gasteiger partial charge in [-0.3, -0.25) is 14.2 Å². The van der Waals surface area contributed by atoms with Crippen LogP contribution in [0.4, 0.5) is 4.39 Å². The highest BCUT2D eigenvalue weighted by Gasteiger charge is 2.40. The second-order valence-corrected chi connectivity index (χ2v) is 8.00. The van der Waals surface area contributed by atoms with Crippen molar-refractivity contribution in [3.63, 3.8) is 0 Å². The second-order valence-electron chi connectivity index (χ2n) is 5.51. The van der Waals surface area contributed by atoms with Crippen molar-refractivity contribution in [3.05, 3.63) is 48.3 Å². The molecule has 0 heterocycles. The molecular weight excluding hydrogens is 338 g/mol. The molecule has 1 aromatic carbocycles. The molecule has 0 aliphatic rings. The maximum atomic E-state index is 12.9. The number of carboxylic acids is 2. The molecule has 0 radical (unpaired) electrons. The van der Waals surface area contributed by atoms with Gasteiger partial charge in [0.15, 0.2) is 0 Å². The molecule has 3 unspecified atom stereocenters. The molecule has 3 atom stereocenters. The number of aliphatic carboxylic acids is 2. The third-order valence-corrected chi connectivity index (χ3v) is 6.13. The maximum Gasteiger partial charge on any atom is 0.307 e. The van der Waals surface area contributed by atoms with Crippen LogP contribution < -0.4 is 0 Å². The topological polar surface area (TPSA) is 112 Å². The standard InChI is InChI=1S/C16H20FO6P/c1-2-3-14(13(16(20)21)8-9-15(18)19)24(22,23)10-11-4-6-12(17)7-5-11/h2,4-7,13-14H,1,3,8-10H2,(H,18,19)(H,20,21)(H,22,23). The first-order valence-corrected chi connectivity index (χ1v) is 9.20. The summed E-state index contributed by atoms with van der Waals surface area (Å²) in [5.41, 5.74) is -0.754. The predicted octanol–water partition coefficient (Wildman–Crippen LogP) is 3.11. The Morgan fingerprint density at radius 1 is 1.25 bits per heavy atom. The van der Waals surface area contributed by atoms with Crippen molar-refractivity contribution in [1.29, 1.82) is 0 Å². The lowest BCUT2D eigenvalue weighted by Crippen LogP contribution is -2.29. The second kappa shape index (κ2) is 8.76. The molecule has 0 saturated carbocycles. The van der Waals surface area contributed by atoms with E-state index in [1.54, 1.807) is 0 Å². The fourth-order valence-corrected chi connectivity index (χ4v) is 4.79. The summed E-state index contributed by atoms with van der Waals surface area (Å²) in [6, 6.07) is 5.01. The van der Waals surface area contributed by atoms with E-state index in [0.717, 1.165) is 12.1 Å². The number of benzene rings is 1. The number of halogens is 1. The van der Waals surface area contributed by atoms with Gasteiger partial charge in [-0.25, -0.2) is 4.39 Å². The van der Waals surface area contributed by atoms with E-state index in [2.05, 4.69) is 6.58 Å². The van der Waals surface area contributed by atoms with Crippen LogP contribution in [0.15, 0.2) is 36.9 Å². The van der Waals surface area contributed by atoms with Crippen molar-refractivity contribution in [3.8, 4) is 0 Å². The van der Waals surface area contributed by atoms with Gasteiger partial charge in [-0.1, -0.05) is 18.2 Å². The number of hydrogen-bond acceptors (Lipinski definition) is 3. The quantitative estimate of drug-likeness (QED) is 0.438. The number of allylic oxidation sites excluding steroid dienone is 1. The molecule has 3 N–H and O–H groups in total. The zero-order valence-electron chi connectivity index (χ0n) is 13.0. The average Bonchev–Trinajstić information content (AvgIpc) is 2.48. The molecule has 0 aliphatic heterocycles. The van der Waals surface area contributed by atoms with Gasteiger partial charge in [0.2, 0.25) is 7.37 Å². The first-order valence-electron chi connectivity index (χ1n) is 7.28. The molecule has 132 valence electrons.